The third-order valence-corrected chi connectivity index (χ3v) is 5.26. The number of aromatic hydroxyl groups is 1. The Morgan fingerprint density at radius 3 is 2.23 bits per heavy atom. The van der Waals surface area contributed by atoms with E-state index in [4.69, 9.17) is 9.84 Å². The first kappa shape index (κ1) is 25.1. The molecule has 8 nitrogen and oxygen atoms in total. The number of rotatable bonds is 6. The molecule has 0 radical (unpaired) electrons. The van der Waals surface area contributed by atoms with E-state index in [0.29, 0.717) is 33.8 Å². The predicted octanol–water partition coefficient (Wildman–Crippen LogP) is 6.43. The van der Waals surface area contributed by atoms with E-state index in [0.717, 1.165) is 11.1 Å². The Morgan fingerprint density at radius 1 is 1.06 bits per heavy atom. The first-order chi connectivity index (χ1) is 16.5. The van der Waals surface area contributed by atoms with Crippen LogP contribution < -0.4 is 4.74 Å². The lowest BCUT2D eigenvalue weighted by atomic mass is 9.98. The number of benzene rings is 3. The van der Waals surface area contributed by atoms with E-state index in [9.17, 15) is 20.0 Å². The maximum Gasteiger partial charge on any atom is 0.506 e. The fourth-order valence-electron chi connectivity index (χ4n) is 3.58. The molecule has 3 rings (SSSR count). The SMILES string of the molecule is Cc1cc(COC(=O)O)cc(C)c1Oc1cc(C#Cc2ccc([N+](=O)[O-])cc2)c(O)c(C(C)C)c1. The van der Waals surface area contributed by atoms with Crippen molar-refractivity contribution in [1.29, 1.82) is 0 Å². The third-order valence-electron chi connectivity index (χ3n) is 5.26. The number of nitro benzene ring substituents is 1. The maximum atomic E-state index is 10.8. The number of hydrogen-bond acceptors (Lipinski definition) is 6. The molecule has 0 saturated heterocycles. The van der Waals surface area contributed by atoms with Crippen molar-refractivity contribution < 1.29 is 29.4 Å². The molecule has 180 valence electrons. The topological polar surface area (TPSA) is 119 Å². The highest BCUT2D eigenvalue weighted by atomic mass is 16.7. The lowest BCUT2D eigenvalue weighted by molar-refractivity contribution is -0.384. The summed E-state index contributed by atoms with van der Waals surface area (Å²) in [5.41, 5.74) is 3.88. The first-order valence-electron chi connectivity index (χ1n) is 10.8. The summed E-state index contributed by atoms with van der Waals surface area (Å²) in [5.74, 6) is 7.02. The fraction of sp³-hybridized carbons (Fsp3) is 0.222. The van der Waals surface area contributed by atoms with Gasteiger partial charge in [-0.25, -0.2) is 4.79 Å². The molecule has 0 bridgehead atoms. The van der Waals surface area contributed by atoms with Crippen molar-refractivity contribution in [2.75, 3.05) is 0 Å². The van der Waals surface area contributed by atoms with Crippen molar-refractivity contribution >= 4 is 11.8 Å². The van der Waals surface area contributed by atoms with Crippen LogP contribution in [0.1, 0.15) is 53.1 Å². The number of phenols is 1. The smallest absolute Gasteiger partial charge is 0.506 e. The monoisotopic (exact) mass is 475 g/mol. The second-order valence-electron chi connectivity index (χ2n) is 8.33. The van der Waals surface area contributed by atoms with E-state index in [2.05, 4.69) is 16.6 Å². The molecular weight excluding hydrogens is 450 g/mol. The van der Waals surface area contributed by atoms with Gasteiger partial charge in [-0.2, -0.15) is 0 Å². The zero-order chi connectivity index (χ0) is 25.7. The van der Waals surface area contributed by atoms with Gasteiger partial charge >= 0.3 is 6.16 Å². The third kappa shape index (κ3) is 6.30. The maximum absolute atomic E-state index is 10.8. The van der Waals surface area contributed by atoms with Crippen LogP contribution in [0.4, 0.5) is 10.5 Å². The van der Waals surface area contributed by atoms with E-state index in [1.807, 2.05) is 27.7 Å². The molecule has 2 N–H and O–H groups in total. The second kappa shape index (κ2) is 10.6. The van der Waals surface area contributed by atoms with Crippen molar-refractivity contribution in [3.8, 4) is 29.1 Å². The Morgan fingerprint density at radius 2 is 1.69 bits per heavy atom. The van der Waals surface area contributed by atoms with Gasteiger partial charge < -0.3 is 19.7 Å². The van der Waals surface area contributed by atoms with Gasteiger partial charge in [0.15, 0.2) is 0 Å². The van der Waals surface area contributed by atoms with E-state index in [-0.39, 0.29) is 24.0 Å². The molecule has 0 unspecified atom stereocenters. The summed E-state index contributed by atoms with van der Waals surface area (Å²) in [6, 6.07) is 12.8. The standard InChI is InChI=1S/C27H25NO7/c1-16(2)24-14-23(35-26-17(3)11-20(12-18(26)4)15-34-27(30)31)13-21(25(24)29)8-5-19-6-9-22(10-7-19)28(32)33/h6-7,9-14,16,29H,15H2,1-4H3,(H,30,31). The molecule has 8 heteroatoms. The molecule has 0 aliphatic rings. The molecule has 0 atom stereocenters. The minimum Gasteiger partial charge on any atom is -0.506 e. The summed E-state index contributed by atoms with van der Waals surface area (Å²) in [4.78, 5) is 21.0. The zero-order valence-electron chi connectivity index (χ0n) is 19.8. The van der Waals surface area contributed by atoms with Crippen molar-refractivity contribution in [3.63, 3.8) is 0 Å². The summed E-state index contributed by atoms with van der Waals surface area (Å²) in [6.45, 7) is 7.54. The van der Waals surface area contributed by atoms with Gasteiger partial charge in [0.2, 0.25) is 0 Å². The highest BCUT2D eigenvalue weighted by Gasteiger charge is 2.15. The molecule has 3 aromatic carbocycles. The zero-order valence-corrected chi connectivity index (χ0v) is 19.8. The first-order valence-corrected chi connectivity index (χ1v) is 10.8. The van der Waals surface area contributed by atoms with E-state index in [1.165, 1.54) is 12.1 Å². The van der Waals surface area contributed by atoms with E-state index < -0.39 is 11.1 Å². The number of carbonyl (C=O) groups is 1. The molecular formula is C27H25NO7. The van der Waals surface area contributed by atoms with Crippen LogP contribution in [0.3, 0.4) is 0 Å². The number of aryl methyl sites for hydroxylation is 2. The Balaban J connectivity index is 1.96. The molecule has 35 heavy (non-hydrogen) atoms. The Labute approximate surface area is 202 Å². The van der Waals surface area contributed by atoms with Gasteiger partial charge in [-0.05, 0) is 66.8 Å². The van der Waals surface area contributed by atoms with Crippen molar-refractivity contribution in [3.05, 3.63) is 92.0 Å². The summed E-state index contributed by atoms with van der Waals surface area (Å²) in [5, 5.41) is 30.4. The highest BCUT2D eigenvalue weighted by molar-refractivity contribution is 5.59. The van der Waals surface area contributed by atoms with Crippen LogP contribution in [0.5, 0.6) is 17.2 Å². The van der Waals surface area contributed by atoms with Gasteiger partial charge in [0, 0.05) is 29.3 Å². The number of hydrogen-bond donors (Lipinski definition) is 2. The van der Waals surface area contributed by atoms with Gasteiger partial charge in [0.1, 0.15) is 23.9 Å². The van der Waals surface area contributed by atoms with Crippen LogP contribution >= 0.6 is 0 Å². The van der Waals surface area contributed by atoms with Crippen molar-refractivity contribution in [2.45, 2.75) is 40.2 Å². The molecule has 0 amide bonds. The minimum atomic E-state index is -1.34. The van der Waals surface area contributed by atoms with Gasteiger partial charge in [0.25, 0.3) is 5.69 Å². The predicted molar refractivity (Wildman–Crippen MR) is 130 cm³/mol. The van der Waals surface area contributed by atoms with Gasteiger partial charge in [0.05, 0.1) is 10.5 Å². The summed E-state index contributed by atoms with van der Waals surface area (Å²) in [6.07, 6.45) is -1.34. The van der Waals surface area contributed by atoms with Gasteiger partial charge in [-0.3, -0.25) is 10.1 Å². The number of non-ortho nitro benzene ring substituents is 1. The van der Waals surface area contributed by atoms with E-state index in [1.54, 1.807) is 36.4 Å². The fourth-order valence-corrected chi connectivity index (χ4v) is 3.58. The molecule has 0 saturated carbocycles. The van der Waals surface area contributed by atoms with Crippen molar-refractivity contribution in [2.24, 2.45) is 0 Å². The van der Waals surface area contributed by atoms with Crippen LogP contribution in [-0.2, 0) is 11.3 Å². The quantitative estimate of drug-likeness (QED) is 0.182. The summed E-state index contributed by atoms with van der Waals surface area (Å²) >= 11 is 0. The Hall–Kier alpha value is -4.51. The van der Waals surface area contributed by atoms with E-state index >= 15 is 0 Å². The van der Waals surface area contributed by atoms with Crippen LogP contribution in [0.2, 0.25) is 0 Å². The molecule has 0 heterocycles. The molecule has 0 aromatic heterocycles. The molecule has 0 aliphatic heterocycles. The van der Waals surface area contributed by atoms with Crippen molar-refractivity contribution in [1.82, 2.24) is 0 Å². The average molecular weight is 475 g/mol. The Kier molecular flexibility index (Phi) is 7.62. The average Bonchev–Trinajstić information content (AvgIpc) is 2.80. The molecule has 3 aromatic rings. The number of ether oxygens (including phenoxy) is 2. The van der Waals surface area contributed by atoms with Crippen LogP contribution in [0, 0.1) is 35.8 Å². The van der Waals surface area contributed by atoms with Crippen LogP contribution in [0.15, 0.2) is 48.5 Å². The van der Waals surface area contributed by atoms with Crippen LogP contribution in [-0.4, -0.2) is 21.3 Å². The largest absolute Gasteiger partial charge is 0.506 e. The number of carboxylic acid groups (broad SMARTS) is 1. The lowest BCUT2D eigenvalue weighted by Gasteiger charge is -2.17. The summed E-state index contributed by atoms with van der Waals surface area (Å²) < 4.78 is 10.8. The minimum absolute atomic E-state index is 0.00351. The van der Waals surface area contributed by atoms with Gasteiger partial charge in [-0.1, -0.05) is 25.7 Å². The van der Waals surface area contributed by atoms with Crippen LogP contribution in [0.25, 0.3) is 0 Å². The number of nitrogens with zero attached hydrogens (tertiary/aromatic N) is 1. The lowest BCUT2D eigenvalue weighted by Crippen LogP contribution is -2.02. The number of phenolic OH excluding ortho intramolecular Hbond substituents is 1. The summed E-state index contributed by atoms with van der Waals surface area (Å²) in [7, 11) is 0. The molecule has 0 aliphatic carbocycles. The second-order valence-corrected chi connectivity index (χ2v) is 8.33. The number of nitro groups is 1. The normalized spacial score (nSPS) is 10.4. The highest BCUT2D eigenvalue weighted by Crippen LogP contribution is 2.37. The van der Waals surface area contributed by atoms with Gasteiger partial charge in [-0.15, -0.1) is 0 Å². The molecule has 0 fully saturated rings. The Bertz CT molecular complexity index is 1310. The molecule has 0 spiro atoms.